The van der Waals surface area contributed by atoms with Gasteiger partial charge in [-0.25, -0.2) is 12.8 Å². The highest BCUT2D eigenvalue weighted by Gasteiger charge is 2.32. The van der Waals surface area contributed by atoms with Crippen LogP contribution in [-0.4, -0.2) is 50.5 Å². The number of rotatable bonds is 11. The first-order chi connectivity index (χ1) is 18.0. The topological polar surface area (TPSA) is 86.8 Å². The SMILES string of the molecule is CCNC(=O)[C@H](Cc1ccccc1)N(Cc1ccc(F)cc1)C(=O)CN(c1ccc(C)c(C)c1)S(C)(=O)=O. The van der Waals surface area contributed by atoms with Crippen LogP contribution in [0.4, 0.5) is 10.1 Å². The number of anilines is 1. The number of amides is 2. The summed E-state index contributed by atoms with van der Waals surface area (Å²) in [6.07, 6.45) is 1.27. The summed E-state index contributed by atoms with van der Waals surface area (Å²) in [6.45, 7) is 5.44. The Bertz CT molecular complexity index is 1360. The molecule has 3 rings (SSSR count). The van der Waals surface area contributed by atoms with Gasteiger partial charge in [0.15, 0.2) is 0 Å². The molecule has 2 amide bonds. The number of nitrogens with one attached hydrogen (secondary N) is 1. The van der Waals surface area contributed by atoms with Crippen LogP contribution in [0.15, 0.2) is 72.8 Å². The van der Waals surface area contributed by atoms with E-state index in [9.17, 15) is 22.4 Å². The normalized spacial score (nSPS) is 12.0. The fourth-order valence-electron chi connectivity index (χ4n) is 4.13. The van der Waals surface area contributed by atoms with Gasteiger partial charge in [0.1, 0.15) is 18.4 Å². The summed E-state index contributed by atoms with van der Waals surface area (Å²) in [6, 6.07) is 19.2. The molecule has 0 fully saturated rings. The van der Waals surface area contributed by atoms with Crippen LogP contribution in [0.2, 0.25) is 0 Å². The average Bonchev–Trinajstić information content (AvgIpc) is 2.87. The van der Waals surface area contributed by atoms with Crippen molar-refractivity contribution in [2.75, 3.05) is 23.7 Å². The van der Waals surface area contributed by atoms with Gasteiger partial charge in [-0.15, -0.1) is 0 Å². The average molecular weight is 540 g/mol. The van der Waals surface area contributed by atoms with Crippen molar-refractivity contribution in [2.24, 2.45) is 0 Å². The number of hydrogen-bond acceptors (Lipinski definition) is 4. The molecule has 3 aromatic rings. The molecule has 1 atom stereocenters. The molecule has 0 aliphatic carbocycles. The lowest BCUT2D eigenvalue weighted by Gasteiger charge is -2.33. The van der Waals surface area contributed by atoms with E-state index in [1.807, 2.05) is 44.2 Å². The summed E-state index contributed by atoms with van der Waals surface area (Å²) in [4.78, 5) is 28.6. The molecule has 0 saturated carbocycles. The van der Waals surface area contributed by atoms with Crippen molar-refractivity contribution in [3.05, 3.63) is 101 Å². The molecule has 9 heteroatoms. The Morgan fingerprint density at radius 1 is 0.921 bits per heavy atom. The van der Waals surface area contributed by atoms with E-state index in [4.69, 9.17) is 0 Å². The molecule has 3 aromatic carbocycles. The number of benzene rings is 3. The number of halogens is 1. The summed E-state index contributed by atoms with van der Waals surface area (Å²) in [7, 11) is -3.83. The van der Waals surface area contributed by atoms with Crippen LogP contribution in [0.25, 0.3) is 0 Å². The quantitative estimate of drug-likeness (QED) is 0.399. The van der Waals surface area contributed by atoms with Crippen molar-refractivity contribution in [1.29, 1.82) is 0 Å². The predicted molar refractivity (Wildman–Crippen MR) is 148 cm³/mol. The minimum absolute atomic E-state index is 0.00171. The van der Waals surface area contributed by atoms with Crippen LogP contribution in [0.5, 0.6) is 0 Å². The summed E-state index contributed by atoms with van der Waals surface area (Å²) in [5.74, 6) is -1.33. The molecular formula is C29H34FN3O4S. The third kappa shape index (κ3) is 7.64. The van der Waals surface area contributed by atoms with E-state index in [1.54, 1.807) is 37.3 Å². The van der Waals surface area contributed by atoms with Gasteiger partial charge in [0, 0.05) is 19.5 Å². The molecule has 1 N–H and O–H groups in total. The molecule has 0 aliphatic rings. The highest BCUT2D eigenvalue weighted by Crippen LogP contribution is 2.23. The highest BCUT2D eigenvalue weighted by molar-refractivity contribution is 7.92. The lowest BCUT2D eigenvalue weighted by Crippen LogP contribution is -2.53. The summed E-state index contributed by atoms with van der Waals surface area (Å²) < 4.78 is 40.3. The molecule has 0 heterocycles. The second kappa shape index (κ2) is 12.7. The van der Waals surface area contributed by atoms with Gasteiger partial charge >= 0.3 is 0 Å². The van der Waals surface area contributed by atoms with Crippen LogP contribution >= 0.6 is 0 Å². The molecule has 38 heavy (non-hydrogen) atoms. The summed E-state index contributed by atoms with van der Waals surface area (Å²) in [5.41, 5.74) is 3.69. The van der Waals surface area contributed by atoms with Crippen LogP contribution in [-0.2, 0) is 32.6 Å². The minimum atomic E-state index is -3.83. The lowest BCUT2D eigenvalue weighted by molar-refractivity contribution is -0.140. The monoisotopic (exact) mass is 539 g/mol. The van der Waals surface area contributed by atoms with Gasteiger partial charge in [-0.3, -0.25) is 13.9 Å². The molecule has 0 unspecified atom stereocenters. The first-order valence-electron chi connectivity index (χ1n) is 12.4. The van der Waals surface area contributed by atoms with Crippen molar-refractivity contribution < 1.29 is 22.4 Å². The van der Waals surface area contributed by atoms with Gasteiger partial charge < -0.3 is 10.2 Å². The number of carbonyl (C=O) groups excluding carboxylic acids is 2. The van der Waals surface area contributed by atoms with Gasteiger partial charge in [-0.2, -0.15) is 0 Å². The van der Waals surface area contributed by atoms with Gasteiger partial charge in [0.05, 0.1) is 11.9 Å². The maximum absolute atomic E-state index is 13.9. The smallest absolute Gasteiger partial charge is 0.244 e. The number of likely N-dealkylation sites (N-methyl/N-ethyl adjacent to an activating group) is 1. The van der Waals surface area contributed by atoms with Crippen molar-refractivity contribution in [2.45, 2.75) is 39.8 Å². The molecule has 202 valence electrons. The van der Waals surface area contributed by atoms with Crippen LogP contribution in [0, 0.1) is 19.7 Å². The Kier molecular flexibility index (Phi) is 9.63. The fourth-order valence-corrected chi connectivity index (χ4v) is 4.97. The molecule has 7 nitrogen and oxygen atoms in total. The third-order valence-corrected chi connectivity index (χ3v) is 7.49. The van der Waals surface area contributed by atoms with Gasteiger partial charge in [-0.05, 0) is 67.3 Å². The van der Waals surface area contributed by atoms with E-state index in [1.165, 1.54) is 17.0 Å². The van der Waals surface area contributed by atoms with E-state index in [2.05, 4.69) is 5.32 Å². The van der Waals surface area contributed by atoms with Gasteiger partial charge in [0.25, 0.3) is 0 Å². The van der Waals surface area contributed by atoms with E-state index in [0.717, 1.165) is 27.3 Å². The van der Waals surface area contributed by atoms with Crippen molar-refractivity contribution >= 4 is 27.5 Å². The molecule has 0 radical (unpaired) electrons. The molecule has 0 aliphatic heterocycles. The second-order valence-corrected chi connectivity index (χ2v) is 11.2. The van der Waals surface area contributed by atoms with Crippen molar-refractivity contribution in [3.63, 3.8) is 0 Å². The maximum Gasteiger partial charge on any atom is 0.244 e. The van der Waals surface area contributed by atoms with Crippen LogP contribution in [0.1, 0.15) is 29.2 Å². The zero-order valence-electron chi connectivity index (χ0n) is 22.1. The first-order valence-corrected chi connectivity index (χ1v) is 14.2. The van der Waals surface area contributed by atoms with Gasteiger partial charge in [-0.1, -0.05) is 48.5 Å². The number of hydrogen-bond donors (Lipinski definition) is 1. The highest BCUT2D eigenvalue weighted by atomic mass is 32.2. The zero-order valence-corrected chi connectivity index (χ0v) is 23.0. The lowest BCUT2D eigenvalue weighted by atomic mass is 10.0. The number of carbonyl (C=O) groups is 2. The van der Waals surface area contributed by atoms with Gasteiger partial charge in [0.2, 0.25) is 21.8 Å². The largest absolute Gasteiger partial charge is 0.355 e. The number of nitrogens with zero attached hydrogens (tertiary/aromatic N) is 2. The Balaban J connectivity index is 2.04. The molecule has 0 saturated heterocycles. The molecule has 0 bridgehead atoms. The Morgan fingerprint density at radius 3 is 2.16 bits per heavy atom. The van der Waals surface area contributed by atoms with E-state index >= 15 is 0 Å². The minimum Gasteiger partial charge on any atom is -0.355 e. The fraction of sp³-hybridized carbons (Fsp3) is 0.310. The summed E-state index contributed by atoms with van der Waals surface area (Å²) >= 11 is 0. The Labute approximate surface area is 224 Å². The second-order valence-electron chi connectivity index (χ2n) is 9.29. The molecule has 0 spiro atoms. The molecule has 0 aromatic heterocycles. The zero-order chi connectivity index (χ0) is 27.9. The Morgan fingerprint density at radius 2 is 1.58 bits per heavy atom. The molecular weight excluding hydrogens is 505 g/mol. The summed E-state index contributed by atoms with van der Waals surface area (Å²) in [5, 5.41) is 2.80. The number of aryl methyl sites for hydroxylation is 2. The van der Waals surface area contributed by atoms with E-state index in [-0.39, 0.29) is 18.9 Å². The maximum atomic E-state index is 13.9. The van der Waals surface area contributed by atoms with E-state index < -0.39 is 34.3 Å². The van der Waals surface area contributed by atoms with Crippen LogP contribution in [0.3, 0.4) is 0 Å². The van der Waals surface area contributed by atoms with E-state index in [0.29, 0.717) is 17.8 Å². The van der Waals surface area contributed by atoms with Crippen molar-refractivity contribution in [1.82, 2.24) is 10.2 Å². The third-order valence-electron chi connectivity index (χ3n) is 6.35. The number of sulfonamides is 1. The predicted octanol–water partition coefficient (Wildman–Crippen LogP) is 3.98. The van der Waals surface area contributed by atoms with Crippen LogP contribution < -0.4 is 9.62 Å². The van der Waals surface area contributed by atoms with Crippen molar-refractivity contribution in [3.8, 4) is 0 Å². The Hall–Kier alpha value is -3.72. The standard InChI is InChI=1S/C29H34FN3O4S/c1-5-31-29(35)27(18-23-9-7-6-8-10-23)32(19-24-12-14-25(30)15-13-24)28(34)20-33(38(4,36)37)26-16-11-21(2)22(3)17-26/h6-17,27H,5,18-20H2,1-4H3,(H,31,35)/t27-/m0/s1. The first kappa shape index (κ1) is 28.8.